The van der Waals surface area contributed by atoms with Gasteiger partial charge in [0.1, 0.15) is 17.3 Å². The van der Waals surface area contributed by atoms with E-state index in [1.807, 2.05) is 26.0 Å². The number of nitrogens with one attached hydrogen (secondary N) is 2. The van der Waals surface area contributed by atoms with E-state index in [4.69, 9.17) is 10.1 Å². The first-order valence-electron chi connectivity index (χ1n) is 10.4. The second kappa shape index (κ2) is 9.98. The Hall–Kier alpha value is -3.54. The summed E-state index contributed by atoms with van der Waals surface area (Å²) >= 11 is 0. The van der Waals surface area contributed by atoms with Crippen molar-refractivity contribution in [2.75, 3.05) is 12.4 Å². The normalized spacial score (nSPS) is 12.3. The standard InChI is InChI=1S/C23H20FN3O2.C2H6/c1-26-20-11-17(6-5-15(20)13-25)29-18-7-8-27-21(12-18)16-9-14-3-2-4-22(28)23(14)19(24)10-16;1-2/h5-13,25-26H,2-4H2,1H3;1-2H3. The van der Waals surface area contributed by atoms with E-state index in [-0.39, 0.29) is 11.3 Å². The third-order valence-electron chi connectivity index (χ3n) is 5.01. The first-order chi connectivity index (χ1) is 15.1. The Morgan fingerprint density at radius 1 is 1.10 bits per heavy atom. The average Bonchev–Trinajstić information content (AvgIpc) is 2.80. The minimum atomic E-state index is -0.490. The molecule has 6 heteroatoms. The molecular formula is C25H26FN3O2. The topological polar surface area (TPSA) is 75.1 Å². The number of pyridine rings is 1. The van der Waals surface area contributed by atoms with Gasteiger partial charge in [0.15, 0.2) is 5.78 Å². The number of aromatic nitrogens is 1. The highest BCUT2D eigenvalue weighted by Crippen LogP contribution is 2.32. The van der Waals surface area contributed by atoms with Gasteiger partial charge >= 0.3 is 0 Å². The number of rotatable bonds is 5. The molecule has 4 rings (SSSR count). The van der Waals surface area contributed by atoms with Gasteiger partial charge in [0, 0.05) is 54.8 Å². The summed E-state index contributed by atoms with van der Waals surface area (Å²) in [7, 11) is 1.78. The third kappa shape index (κ3) is 4.79. The number of carbonyl (C=O) groups excluding carboxylic acids is 1. The predicted molar refractivity (Wildman–Crippen MR) is 122 cm³/mol. The lowest BCUT2D eigenvalue weighted by Gasteiger charge is -2.17. The van der Waals surface area contributed by atoms with Crippen molar-refractivity contribution in [1.29, 1.82) is 5.41 Å². The van der Waals surface area contributed by atoms with Gasteiger partial charge in [0.2, 0.25) is 0 Å². The number of fused-ring (bicyclic) bond motifs is 1. The molecule has 31 heavy (non-hydrogen) atoms. The number of ketones is 1. The second-order valence-corrected chi connectivity index (χ2v) is 6.89. The van der Waals surface area contributed by atoms with Gasteiger partial charge in [0.05, 0.1) is 11.3 Å². The van der Waals surface area contributed by atoms with E-state index in [1.165, 1.54) is 12.3 Å². The number of halogens is 1. The molecular weight excluding hydrogens is 393 g/mol. The molecule has 0 saturated heterocycles. The van der Waals surface area contributed by atoms with Crippen LogP contribution in [0.15, 0.2) is 48.7 Å². The van der Waals surface area contributed by atoms with Gasteiger partial charge in [0.25, 0.3) is 0 Å². The molecule has 3 aromatic rings. The minimum Gasteiger partial charge on any atom is -0.457 e. The number of nitrogens with zero attached hydrogens (tertiary/aromatic N) is 1. The molecule has 0 radical (unpaired) electrons. The number of ether oxygens (including phenoxy) is 1. The minimum absolute atomic E-state index is 0.131. The maximum Gasteiger partial charge on any atom is 0.166 e. The zero-order chi connectivity index (χ0) is 22.4. The lowest BCUT2D eigenvalue weighted by Crippen LogP contribution is -2.13. The van der Waals surface area contributed by atoms with E-state index in [1.54, 1.807) is 37.5 Å². The van der Waals surface area contributed by atoms with Crippen molar-refractivity contribution in [3.63, 3.8) is 0 Å². The molecule has 1 aromatic heterocycles. The summed E-state index contributed by atoms with van der Waals surface area (Å²) in [5.74, 6) is 0.554. The highest BCUT2D eigenvalue weighted by Gasteiger charge is 2.22. The molecule has 0 aliphatic heterocycles. The maximum absolute atomic E-state index is 14.6. The number of benzene rings is 2. The third-order valence-corrected chi connectivity index (χ3v) is 5.01. The van der Waals surface area contributed by atoms with Gasteiger partial charge in [-0.15, -0.1) is 0 Å². The van der Waals surface area contributed by atoms with Crippen molar-refractivity contribution in [3.8, 4) is 22.8 Å². The van der Waals surface area contributed by atoms with Crippen LogP contribution in [-0.4, -0.2) is 24.0 Å². The second-order valence-electron chi connectivity index (χ2n) is 6.89. The molecule has 1 aliphatic rings. The molecule has 0 spiro atoms. The van der Waals surface area contributed by atoms with Crippen molar-refractivity contribution < 1.29 is 13.9 Å². The van der Waals surface area contributed by atoms with Crippen molar-refractivity contribution in [2.45, 2.75) is 33.1 Å². The summed E-state index contributed by atoms with van der Waals surface area (Å²) in [5.41, 5.74) is 3.70. The fraction of sp³-hybridized carbons (Fsp3) is 0.240. The first-order valence-corrected chi connectivity index (χ1v) is 10.4. The van der Waals surface area contributed by atoms with Gasteiger partial charge in [-0.1, -0.05) is 13.8 Å². The van der Waals surface area contributed by atoms with Gasteiger partial charge < -0.3 is 15.5 Å². The highest BCUT2D eigenvalue weighted by atomic mass is 19.1. The molecule has 1 heterocycles. The Balaban J connectivity index is 0.00000132. The van der Waals surface area contributed by atoms with Gasteiger partial charge in [-0.3, -0.25) is 9.78 Å². The maximum atomic E-state index is 14.6. The monoisotopic (exact) mass is 419 g/mol. The Morgan fingerprint density at radius 3 is 2.61 bits per heavy atom. The molecule has 2 aromatic carbocycles. The Morgan fingerprint density at radius 2 is 1.87 bits per heavy atom. The Labute approximate surface area is 181 Å². The molecule has 0 atom stereocenters. The summed E-state index contributed by atoms with van der Waals surface area (Å²) in [4.78, 5) is 16.4. The molecule has 1 aliphatic carbocycles. The molecule has 2 N–H and O–H groups in total. The van der Waals surface area contributed by atoms with E-state index in [2.05, 4.69) is 10.3 Å². The summed E-state index contributed by atoms with van der Waals surface area (Å²) in [6.07, 6.45) is 4.71. The molecule has 0 saturated carbocycles. The van der Waals surface area contributed by atoms with Crippen LogP contribution < -0.4 is 10.1 Å². The number of aryl methyl sites for hydroxylation is 1. The quantitative estimate of drug-likeness (QED) is 0.478. The van der Waals surface area contributed by atoms with Crippen LogP contribution in [0.3, 0.4) is 0 Å². The van der Waals surface area contributed by atoms with Gasteiger partial charge in [-0.25, -0.2) is 4.39 Å². The summed E-state index contributed by atoms with van der Waals surface area (Å²) in [6.45, 7) is 4.00. The number of Topliss-reactive ketones (excluding diaryl/α,β-unsaturated/α-hetero) is 1. The summed E-state index contributed by atoms with van der Waals surface area (Å²) < 4.78 is 20.5. The fourth-order valence-corrected chi connectivity index (χ4v) is 3.60. The molecule has 0 amide bonds. The Kier molecular flexibility index (Phi) is 7.13. The lowest BCUT2D eigenvalue weighted by atomic mass is 9.88. The van der Waals surface area contributed by atoms with Crippen LogP contribution in [0.25, 0.3) is 11.3 Å². The number of hydrogen-bond donors (Lipinski definition) is 2. The van der Waals surface area contributed by atoms with Crippen molar-refractivity contribution in [2.24, 2.45) is 0 Å². The lowest BCUT2D eigenvalue weighted by molar-refractivity contribution is 0.0968. The van der Waals surface area contributed by atoms with Crippen LogP contribution in [0.4, 0.5) is 10.1 Å². The van der Waals surface area contributed by atoms with Crippen molar-refractivity contribution in [1.82, 2.24) is 4.98 Å². The predicted octanol–water partition coefficient (Wildman–Crippen LogP) is 6.26. The molecule has 160 valence electrons. The van der Waals surface area contributed by atoms with Crippen LogP contribution in [0, 0.1) is 11.2 Å². The van der Waals surface area contributed by atoms with E-state index >= 15 is 0 Å². The molecule has 0 bridgehead atoms. The summed E-state index contributed by atoms with van der Waals surface area (Å²) in [5, 5.41) is 10.5. The van der Waals surface area contributed by atoms with Crippen LogP contribution in [0.2, 0.25) is 0 Å². The van der Waals surface area contributed by atoms with Crippen molar-refractivity contribution in [3.05, 3.63) is 71.2 Å². The smallest absolute Gasteiger partial charge is 0.166 e. The Bertz CT molecular complexity index is 1110. The first kappa shape index (κ1) is 22.2. The largest absolute Gasteiger partial charge is 0.457 e. The average molecular weight is 420 g/mol. The van der Waals surface area contributed by atoms with Crippen LogP contribution in [-0.2, 0) is 6.42 Å². The van der Waals surface area contributed by atoms with Crippen LogP contribution >= 0.6 is 0 Å². The van der Waals surface area contributed by atoms with Gasteiger partial charge in [-0.2, -0.15) is 0 Å². The van der Waals surface area contributed by atoms with E-state index in [9.17, 15) is 9.18 Å². The summed E-state index contributed by atoms with van der Waals surface area (Å²) in [6, 6.07) is 12.1. The van der Waals surface area contributed by atoms with Crippen molar-refractivity contribution >= 4 is 17.7 Å². The van der Waals surface area contributed by atoms with E-state index in [0.717, 1.165) is 23.2 Å². The SMILES string of the molecule is CC.CNc1cc(Oc2ccnc(-c3cc(F)c4c(c3)CCCC4=O)c2)ccc1C=N. The zero-order valence-corrected chi connectivity index (χ0v) is 18.0. The number of hydrogen-bond acceptors (Lipinski definition) is 5. The van der Waals surface area contributed by atoms with Crippen LogP contribution in [0.1, 0.15) is 48.2 Å². The molecule has 5 nitrogen and oxygen atoms in total. The van der Waals surface area contributed by atoms with E-state index in [0.29, 0.717) is 35.6 Å². The number of carbonyl (C=O) groups is 1. The zero-order valence-electron chi connectivity index (χ0n) is 18.0. The fourth-order valence-electron chi connectivity index (χ4n) is 3.60. The molecule has 0 unspecified atom stereocenters. The van der Waals surface area contributed by atoms with E-state index < -0.39 is 5.82 Å². The van der Waals surface area contributed by atoms with Gasteiger partial charge in [-0.05, 0) is 48.7 Å². The number of anilines is 1. The molecule has 0 fully saturated rings. The van der Waals surface area contributed by atoms with Crippen LogP contribution in [0.5, 0.6) is 11.5 Å². The highest BCUT2D eigenvalue weighted by molar-refractivity contribution is 5.99.